The molecule has 2 heterocycles. The second-order valence-corrected chi connectivity index (χ2v) is 7.30. The summed E-state index contributed by atoms with van der Waals surface area (Å²) in [6, 6.07) is 5.84. The summed E-state index contributed by atoms with van der Waals surface area (Å²) < 4.78 is 6.49. The molecule has 7 heteroatoms. The third-order valence-electron chi connectivity index (χ3n) is 5.14. The van der Waals surface area contributed by atoms with Crippen molar-refractivity contribution in [2.24, 2.45) is 5.92 Å². The molecule has 28 heavy (non-hydrogen) atoms. The average molecular weight is 385 g/mol. The monoisotopic (exact) mass is 385 g/mol. The van der Waals surface area contributed by atoms with Crippen molar-refractivity contribution >= 4 is 28.7 Å². The number of esters is 1. The Bertz CT molecular complexity index is 874. The maximum Gasteiger partial charge on any atom is 0.310 e. The van der Waals surface area contributed by atoms with E-state index < -0.39 is 0 Å². The van der Waals surface area contributed by atoms with Crippen LogP contribution in [0, 0.1) is 12.8 Å². The lowest BCUT2D eigenvalue weighted by atomic mass is 9.97. The lowest BCUT2D eigenvalue weighted by molar-refractivity contribution is -0.151. The van der Waals surface area contributed by atoms with E-state index in [0.717, 1.165) is 29.3 Å². The molecule has 150 valence electrons. The third kappa shape index (κ3) is 4.58. The third-order valence-corrected chi connectivity index (χ3v) is 5.14. The zero-order chi connectivity index (χ0) is 20.1. The van der Waals surface area contributed by atoms with Gasteiger partial charge in [0.05, 0.1) is 24.2 Å². The Morgan fingerprint density at radius 3 is 2.79 bits per heavy atom. The summed E-state index contributed by atoms with van der Waals surface area (Å²) in [5.41, 5.74) is 1.91. The molecule has 1 aliphatic heterocycles. The quantitative estimate of drug-likeness (QED) is 0.714. The van der Waals surface area contributed by atoms with Crippen molar-refractivity contribution in [3.8, 4) is 0 Å². The molecular formula is C21H27N3O4. The molecule has 0 saturated carbocycles. The summed E-state index contributed by atoms with van der Waals surface area (Å²) in [5.74, 6) is -0.591. The molecule has 2 aromatic rings. The molecule has 1 saturated heterocycles. The highest BCUT2D eigenvalue weighted by Gasteiger charge is 2.29. The molecule has 1 aromatic heterocycles. The minimum absolute atomic E-state index is 0.0113. The minimum atomic E-state index is -0.238. The Morgan fingerprint density at radius 1 is 1.21 bits per heavy atom. The first kappa shape index (κ1) is 20.0. The van der Waals surface area contributed by atoms with E-state index in [1.54, 1.807) is 18.0 Å². The summed E-state index contributed by atoms with van der Waals surface area (Å²) in [4.78, 5) is 38.6. The maximum atomic E-state index is 12.5. The Labute approximate surface area is 164 Å². The van der Waals surface area contributed by atoms with Gasteiger partial charge in [-0.3, -0.25) is 14.4 Å². The number of fused-ring (bicyclic) bond motifs is 1. The van der Waals surface area contributed by atoms with Gasteiger partial charge in [-0.15, -0.1) is 0 Å². The van der Waals surface area contributed by atoms with Crippen LogP contribution in [0.2, 0.25) is 0 Å². The number of benzene rings is 1. The number of nitrogens with zero attached hydrogens (tertiary/aromatic N) is 3. The molecule has 1 aromatic carbocycles. The molecule has 0 unspecified atom stereocenters. The van der Waals surface area contributed by atoms with Crippen LogP contribution in [-0.2, 0) is 14.3 Å². The summed E-state index contributed by atoms with van der Waals surface area (Å²) in [6.07, 6.45) is 4.25. The smallest absolute Gasteiger partial charge is 0.310 e. The molecule has 0 N–H and O–H groups in total. The number of rotatable bonds is 6. The number of likely N-dealkylation sites (tertiary alicyclic amines) is 1. The molecule has 0 spiro atoms. The largest absolute Gasteiger partial charge is 0.466 e. The van der Waals surface area contributed by atoms with Crippen LogP contribution in [0.15, 0.2) is 24.4 Å². The van der Waals surface area contributed by atoms with E-state index in [1.807, 2.05) is 25.1 Å². The lowest BCUT2D eigenvalue weighted by Crippen LogP contribution is -2.42. The molecule has 3 rings (SSSR count). The molecule has 0 radical (unpaired) electrons. The standard InChI is InChI=1S/C21H27N3O4/c1-3-28-21(27)16-6-5-11-23(14-16)19(25)7-4-8-20(26)24-18-10-9-15(2)12-17(18)13-22-24/h9-10,12-13,16H,3-8,11,14H2,1-2H3/t16-/m0/s1. The Hall–Kier alpha value is -2.70. The van der Waals surface area contributed by atoms with E-state index in [1.165, 1.54) is 4.68 Å². The molecular weight excluding hydrogens is 358 g/mol. The van der Waals surface area contributed by atoms with Gasteiger partial charge in [0.2, 0.25) is 11.8 Å². The van der Waals surface area contributed by atoms with Crippen molar-refractivity contribution in [1.29, 1.82) is 0 Å². The van der Waals surface area contributed by atoms with Crippen LogP contribution in [0.3, 0.4) is 0 Å². The molecule has 7 nitrogen and oxygen atoms in total. The van der Waals surface area contributed by atoms with Crippen molar-refractivity contribution in [2.45, 2.75) is 46.0 Å². The number of ether oxygens (including phenoxy) is 1. The topological polar surface area (TPSA) is 81.5 Å². The number of hydrogen-bond donors (Lipinski definition) is 0. The number of aromatic nitrogens is 2. The molecule has 1 fully saturated rings. The Balaban J connectivity index is 1.50. The zero-order valence-electron chi connectivity index (χ0n) is 16.5. The predicted molar refractivity (Wildman–Crippen MR) is 105 cm³/mol. The predicted octanol–water partition coefficient (Wildman–Crippen LogP) is 2.96. The van der Waals surface area contributed by atoms with Crippen LogP contribution < -0.4 is 0 Å². The van der Waals surface area contributed by atoms with E-state index in [4.69, 9.17) is 4.74 Å². The Kier molecular flexibility index (Phi) is 6.44. The van der Waals surface area contributed by atoms with Gasteiger partial charge in [0.1, 0.15) is 0 Å². The van der Waals surface area contributed by atoms with E-state index in [9.17, 15) is 14.4 Å². The van der Waals surface area contributed by atoms with Gasteiger partial charge in [-0.2, -0.15) is 5.10 Å². The van der Waals surface area contributed by atoms with Crippen LogP contribution in [-0.4, -0.2) is 52.2 Å². The van der Waals surface area contributed by atoms with Crippen LogP contribution in [0.5, 0.6) is 0 Å². The van der Waals surface area contributed by atoms with Gasteiger partial charge in [-0.25, -0.2) is 4.68 Å². The van der Waals surface area contributed by atoms with E-state index in [2.05, 4.69) is 5.10 Å². The highest BCUT2D eigenvalue weighted by Crippen LogP contribution is 2.20. The SMILES string of the molecule is CCOC(=O)[C@H]1CCCN(C(=O)CCCC(=O)n2ncc3cc(C)ccc32)C1. The molecule has 1 atom stereocenters. The minimum Gasteiger partial charge on any atom is -0.466 e. The Morgan fingerprint density at radius 2 is 2.00 bits per heavy atom. The van der Waals surface area contributed by atoms with Crippen LogP contribution in [0.1, 0.15) is 49.4 Å². The van der Waals surface area contributed by atoms with Gasteiger partial charge < -0.3 is 9.64 Å². The molecule has 1 aliphatic rings. The van der Waals surface area contributed by atoms with E-state index in [-0.39, 0.29) is 30.1 Å². The maximum absolute atomic E-state index is 12.5. The number of aryl methyl sites for hydroxylation is 1. The fraction of sp³-hybridized carbons (Fsp3) is 0.524. The summed E-state index contributed by atoms with van der Waals surface area (Å²) in [7, 11) is 0. The summed E-state index contributed by atoms with van der Waals surface area (Å²) >= 11 is 0. The van der Waals surface area contributed by atoms with E-state index >= 15 is 0 Å². The van der Waals surface area contributed by atoms with E-state index in [0.29, 0.717) is 32.5 Å². The summed E-state index contributed by atoms with van der Waals surface area (Å²) in [6.45, 7) is 5.20. The zero-order valence-corrected chi connectivity index (χ0v) is 16.5. The molecule has 0 aliphatic carbocycles. The van der Waals surface area contributed by atoms with Gasteiger partial charge in [0.15, 0.2) is 0 Å². The number of hydrogen-bond acceptors (Lipinski definition) is 5. The van der Waals surface area contributed by atoms with Crippen molar-refractivity contribution < 1.29 is 19.1 Å². The first-order chi connectivity index (χ1) is 13.5. The van der Waals surface area contributed by atoms with Gasteiger partial charge in [0.25, 0.3) is 0 Å². The first-order valence-electron chi connectivity index (χ1n) is 9.91. The van der Waals surface area contributed by atoms with Crippen LogP contribution in [0.4, 0.5) is 0 Å². The van der Waals surface area contributed by atoms with Crippen molar-refractivity contribution in [2.75, 3.05) is 19.7 Å². The fourth-order valence-corrected chi connectivity index (χ4v) is 3.66. The van der Waals surface area contributed by atoms with Gasteiger partial charge in [-0.1, -0.05) is 11.6 Å². The van der Waals surface area contributed by atoms with Gasteiger partial charge in [-0.05, 0) is 45.2 Å². The number of carbonyl (C=O) groups excluding carboxylic acids is 3. The van der Waals surface area contributed by atoms with Gasteiger partial charge in [0, 0.05) is 31.3 Å². The van der Waals surface area contributed by atoms with Crippen molar-refractivity contribution in [3.05, 3.63) is 30.0 Å². The average Bonchev–Trinajstić information content (AvgIpc) is 3.11. The van der Waals surface area contributed by atoms with Crippen LogP contribution >= 0.6 is 0 Å². The number of carbonyl (C=O) groups is 3. The van der Waals surface area contributed by atoms with Gasteiger partial charge >= 0.3 is 5.97 Å². The number of amides is 1. The van der Waals surface area contributed by atoms with Crippen molar-refractivity contribution in [3.63, 3.8) is 0 Å². The highest BCUT2D eigenvalue weighted by atomic mass is 16.5. The highest BCUT2D eigenvalue weighted by molar-refractivity contribution is 5.91. The number of piperidine rings is 1. The summed E-state index contributed by atoms with van der Waals surface area (Å²) in [5, 5.41) is 5.12. The molecule has 1 amide bonds. The van der Waals surface area contributed by atoms with Crippen LogP contribution in [0.25, 0.3) is 10.9 Å². The lowest BCUT2D eigenvalue weighted by Gasteiger charge is -2.31. The molecule has 0 bridgehead atoms. The first-order valence-corrected chi connectivity index (χ1v) is 9.91. The van der Waals surface area contributed by atoms with Crippen molar-refractivity contribution in [1.82, 2.24) is 14.7 Å². The second kappa shape index (κ2) is 8.99. The normalized spacial score (nSPS) is 16.9. The fourth-order valence-electron chi connectivity index (χ4n) is 3.66. The second-order valence-electron chi connectivity index (χ2n) is 7.30.